The van der Waals surface area contributed by atoms with E-state index in [0.717, 1.165) is 29.0 Å². The molecule has 1 aliphatic heterocycles. The summed E-state index contributed by atoms with van der Waals surface area (Å²) in [5.74, 6) is -0.306. The zero-order valence-corrected chi connectivity index (χ0v) is 17.5. The molecule has 0 radical (unpaired) electrons. The van der Waals surface area contributed by atoms with Gasteiger partial charge in [-0.2, -0.15) is 5.10 Å². The van der Waals surface area contributed by atoms with Crippen molar-refractivity contribution in [3.8, 4) is 16.9 Å². The summed E-state index contributed by atoms with van der Waals surface area (Å²) >= 11 is 0. The first-order valence-corrected chi connectivity index (χ1v) is 10.7. The van der Waals surface area contributed by atoms with Crippen molar-refractivity contribution in [2.24, 2.45) is 0 Å². The summed E-state index contributed by atoms with van der Waals surface area (Å²) < 4.78 is 1.64. The van der Waals surface area contributed by atoms with Crippen molar-refractivity contribution in [1.29, 1.82) is 0 Å². The summed E-state index contributed by atoms with van der Waals surface area (Å²) in [7, 11) is 0. The molecule has 1 saturated heterocycles. The molecular weight excluding hydrogens is 406 g/mol. The molecule has 2 aliphatic rings. The molecule has 0 unspecified atom stereocenters. The summed E-state index contributed by atoms with van der Waals surface area (Å²) in [5, 5.41) is 10.3. The summed E-state index contributed by atoms with van der Waals surface area (Å²) in [5.41, 5.74) is 1.56. The Labute approximate surface area is 185 Å². The number of nitrogens with zero attached hydrogens (tertiary/aromatic N) is 3. The highest BCUT2D eigenvalue weighted by atomic mass is 16.2. The number of urea groups is 1. The number of rotatable bonds is 5. The number of hydrogen-bond acceptors (Lipinski definition) is 4. The molecule has 1 aliphatic carbocycles. The number of hydrogen-bond donors (Lipinski definition) is 2. The molecule has 1 spiro atoms. The van der Waals surface area contributed by atoms with E-state index in [9.17, 15) is 14.4 Å². The Balaban J connectivity index is 1.40. The first-order valence-electron chi connectivity index (χ1n) is 10.7. The minimum atomic E-state index is -0.830. The van der Waals surface area contributed by atoms with E-state index < -0.39 is 17.5 Å². The van der Waals surface area contributed by atoms with Crippen molar-refractivity contribution in [1.82, 2.24) is 20.0 Å². The third-order valence-electron chi connectivity index (χ3n) is 6.05. The van der Waals surface area contributed by atoms with E-state index in [4.69, 9.17) is 0 Å². The van der Waals surface area contributed by atoms with E-state index >= 15 is 0 Å². The number of benzene rings is 2. The van der Waals surface area contributed by atoms with Gasteiger partial charge in [0.15, 0.2) is 0 Å². The molecule has 162 valence electrons. The zero-order valence-electron chi connectivity index (χ0n) is 17.5. The Kier molecular flexibility index (Phi) is 4.97. The van der Waals surface area contributed by atoms with E-state index in [1.165, 1.54) is 0 Å². The molecule has 2 fully saturated rings. The van der Waals surface area contributed by atoms with E-state index in [0.29, 0.717) is 24.4 Å². The molecule has 3 aromatic rings. The molecule has 0 atom stereocenters. The van der Waals surface area contributed by atoms with Gasteiger partial charge in [0.05, 0.1) is 11.4 Å². The molecule has 0 bridgehead atoms. The van der Waals surface area contributed by atoms with Crippen molar-refractivity contribution in [3.05, 3.63) is 66.7 Å². The lowest BCUT2D eigenvalue weighted by molar-refractivity contribution is -0.133. The van der Waals surface area contributed by atoms with Gasteiger partial charge in [0.1, 0.15) is 17.9 Å². The van der Waals surface area contributed by atoms with Gasteiger partial charge in [-0.25, -0.2) is 9.48 Å². The van der Waals surface area contributed by atoms with Crippen molar-refractivity contribution in [2.45, 2.75) is 31.2 Å². The number of amides is 4. The van der Waals surface area contributed by atoms with Crippen molar-refractivity contribution in [2.75, 3.05) is 11.9 Å². The standard InChI is InChI=1S/C24H23N5O3/c30-21(16-28-22(31)24(26-23(28)32)13-7-8-14-24)25-20-15-19(17-9-3-1-4-10-17)27-29(20)18-11-5-2-6-12-18/h1-6,9-12,15H,7-8,13-14,16H2,(H,25,30)(H,26,32). The molecule has 8 heteroatoms. The number of carbonyl (C=O) groups is 3. The number of para-hydroxylation sites is 1. The van der Waals surface area contributed by atoms with Crippen LogP contribution in [0.25, 0.3) is 16.9 Å². The Morgan fingerprint density at radius 2 is 1.66 bits per heavy atom. The van der Waals surface area contributed by atoms with Crippen LogP contribution in [0.2, 0.25) is 0 Å². The van der Waals surface area contributed by atoms with Crippen molar-refractivity contribution >= 4 is 23.7 Å². The second kappa shape index (κ2) is 7.96. The van der Waals surface area contributed by atoms with Gasteiger partial charge in [-0.15, -0.1) is 0 Å². The third-order valence-corrected chi connectivity index (χ3v) is 6.05. The number of anilines is 1. The smallest absolute Gasteiger partial charge is 0.323 e. The van der Waals surface area contributed by atoms with Crippen LogP contribution in [0.3, 0.4) is 0 Å². The molecule has 4 amide bonds. The molecule has 2 heterocycles. The molecule has 1 aromatic heterocycles. The summed E-state index contributed by atoms with van der Waals surface area (Å²) in [6.07, 6.45) is 3.03. The fourth-order valence-electron chi connectivity index (χ4n) is 4.45. The fraction of sp³-hybridized carbons (Fsp3) is 0.250. The average molecular weight is 429 g/mol. The SMILES string of the molecule is O=C(CN1C(=O)NC2(CCCC2)C1=O)Nc1cc(-c2ccccc2)nn1-c1ccccc1. The second-order valence-corrected chi connectivity index (χ2v) is 8.19. The maximum atomic E-state index is 12.9. The Morgan fingerprint density at radius 3 is 2.34 bits per heavy atom. The Hall–Kier alpha value is -3.94. The predicted octanol–water partition coefficient (Wildman–Crippen LogP) is 3.34. The van der Waals surface area contributed by atoms with Crippen LogP contribution in [0.5, 0.6) is 0 Å². The highest BCUT2D eigenvalue weighted by Crippen LogP contribution is 2.35. The highest BCUT2D eigenvalue weighted by molar-refractivity contribution is 6.10. The maximum Gasteiger partial charge on any atom is 0.325 e. The van der Waals surface area contributed by atoms with Gasteiger partial charge in [0, 0.05) is 11.6 Å². The predicted molar refractivity (Wildman–Crippen MR) is 119 cm³/mol. The quantitative estimate of drug-likeness (QED) is 0.608. The Morgan fingerprint density at radius 1 is 1.00 bits per heavy atom. The molecule has 5 rings (SSSR count). The van der Waals surface area contributed by atoms with Gasteiger partial charge in [-0.3, -0.25) is 14.5 Å². The molecular formula is C24H23N5O3. The zero-order chi connectivity index (χ0) is 22.1. The maximum absolute atomic E-state index is 12.9. The van der Waals surface area contributed by atoms with Crippen LogP contribution in [0.4, 0.5) is 10.6 Å². The van der Waals surface area contributed by atoms with E-state index in [1.54, 1.807) is 10.7 Å². The summed E-state index contributed by atoms with van der Waals surface area (Å²) in [6.45, 7) is -0.340. The van der Waals surface area contributed by atoms with Crippen molar-refractivity contribution < 1.29 is 14.4 Å². The topological polar surface area (TPSA) is 96.3 Å². The second-order valence-electron chi connectivity index (χ2n) is 8.19. The van der Waals surface area contributed by atoms with Crippen LogP contribution in [0, 0.1) is 0 Å². The first kappa shape index (κ1) is 20.0. The van der Waals surface area contributed by atoms with Crippen molar-refractivity contribution in [3.63, 3.8) is 0 Å². The molecule has 2 N–H and O–H groups in total. The minimum Gasteiger partial charge on any atom is -0.323 e. The number of carbonyl (C=O) groups excluding carboxylic acids is 3. The summed E-state index contributed by atoms with van der Waals surface area (Å²) in [6, 6.07) is 20.4. The lowest BCUT2D eigenvalue weighted by Gasteiger charge is -2.19. The molecule has 1 saturated carbocycles. The van der Waals surface area contributed by atoms with Crippen LogP contribution in [0.1, 0.15) is 25.7 Å². The van der Waals surface area contributed by atoms with E-state index in [-0.39, 0.29) is 12.5 Å². The van der Waals surface area contributed by atoms with E-state index in [2.05, 4.69) is 15.7 Å². The fourth-order valence-corrected chi connectivity index (χ4v) is 4.45. The van der Waals surface area contributed by atoms with Crippen LogP contribution in [-0.2, 0) is 9.59 Å². The largest absolute Gasteiger partial charge is 0.325 e. The van der Waals surface area contributed by atoms with Gasteiger partial charge >= 0.3 is 6.03 Å². The van der Waals surface area contributed by atoms with Gasteiger partial charge < -0.3 is 10.6 Å². The number of imide groups is 1. The van der Waals surface area contributed by atoms with Gasteiger partial charge in [0.25, 0.3) is 5.91 Å². The van der Waals surface area contributed by atoms with Gasteiger partial charge in [-0.1, -0.05) is 61.4 Å². The summed E-state index contributed by atoms with van der Waals surface area (Å²) in [4.78, 5) is 39.1. The third kappa shape index (κ3) is 3.53. The number of aromatic nitrogens is 2. The van der Waals surface area contributed by atoms with Crippen LogP contribution in [-0.4, -0.2) is 44.6 Å². The van der Waals surface area contributed by atoms with E-state index in [1.807, 2.05) is 60.7 Å². The minimum absolute atomic E-state index is 0.309. The molecule has 8 nitrogen and oxygen atoms in total. The van der Waals surface area contributed by atoms with Crippen LogP contribution < -0.4 is 10.6 Å². The van der Waals surface area contributed by atoms with Gasteiger partial charge in [-0.05, 0) is 25.0 Å². The normalized spacial score (nSPS) is 17.1. The Bertz CT molecular complexity index is 1170. The van der Waals surface area contributed by atoms with Gasteiger partial charge in [0.2, 0.25) is 5.91 Å². The molecule has 32 heavy (non-hydrogen) atoms. The average Bonchev–Trinajstić information content (AvgIpc) is 3.51. The monoisotopic (exact) mass is 429 g/mol. The van der Waals surface area contributed by atoms with Crippen LogP contribution >= 0.6 is 0 Å². The number of nitrogens with one attached hydrogen (secondary N) is 2. The molecule has 2 aromatic carbocycles. The van der Waals surface area contributed by atoms with Crippen LogP contribution in [0.15, 0.2) is 66.7 Å². The first-order chi connectivity index (χ1) is 15.6. The lowest BCUT2D eigenvalue weighted by Crippen LogP contribution is -2.44. The lowest BCUT2D eigenvalue weighted by atomic mass is 9.98. The highest BCUT2D eigenvalue weighted by Gasteiger charge is 2.52.